The van der Waals surface area contributed by atoms with Gasteiger partial charge in [0, 0.05) is 50.1 Å². The van der Waals surface area contributed by atoms with Crippen LogP contribution in [0.15, 0.2) is 120 Å². The lowest BCUT2D eigenvalue weighted by atomic mass is 9.55. The Morgan fingerprint density at radius 2 is 1.64 bits per heavy atom. The number of hydrogen-bond donors (Lipinski definition) is 3. The third-order valence-electron chi connectivity index (χ3n) is 15.0. The summed E-state index contributed by atoms with van der Waals surface area (Å²) in [7, 11) is 3.05. The Hall–Kier alpha value is -6.22. The van der Waals surface area contributed by atoms with Crippen LogP contribution in [0.5, 0.6) is 23.0 Å². The number of ether oxygens (including phenoxy) is 5. The Kier molecular flexibility index (Phi) is 18.1. The Bertz CT molecular complexity index is 2510. The quantitative estimate of drug-likeness (QED) is 0.0351. The van der Waals surface area contributed by atoms with Crippen LogP contribution < -0.4 is 24.3 Å². The minimum Gasteiger partial charge on any atom is -0.497 e. The lowest BCUT2D eigenvalue weighted by Crippen LogP contribution is -2.70. The van der Waals surface area contributed by atoms with Crippen LogP contribution in [0, 0.1) is 29.5 Å². The lowest BCUT2D eigenvalue weighted by molar-refractivity contribution is -0.258. The fourth-order valence-corrected chi connectivity index (χ4v) is 11.5. The van der Waals surface area contributed by atoms with E-state index in [1.165, 1.54) is 19.2 Å². The molecule has 6 atom stereocenters. The molecule has 4 aliphatic rings. The highest BCUT2D eigenvalue weighted by Crippen LogP contribution is 2.62. The highest BCUT2D eigenvalue weighted by atomic mass is 19.1. The zero-order valence-corrected chi connectivity index (χ0v) is 41.6. The number of oxime groups is 1. The number of aliphatic hydroxyl groups is 2. The number of methoxy groups -OCH3 is 2. The van der Waals surface area contributed by atoms with Gasteiger partial charge in [-0.15, -0.1) is 6.58 Å². The normalized spacial score (nSPS) is 22.7. The van der Waals surface area contributed by atoms with Gasteiger partial charge in [0.2, 0.25) is 11.7 Å². The first-order valence-electron chi connectivity index (χ1n) is 25.7. The van der Waals surface area contributed by atoms with Gasteiger partial charge in [-0.2, -0.15) is 0 Å². The molecule has 0 bridgehead atoms. The van der Waals surface area contributed by atoms with E-state index in [9.17, 15) is 19.4 Å². The number of aliphatic hydroxyl groups excluding tert-OH is 2. The summed E-state index contributed by atoms with van der Waals surface area (Å²) in [6.07, 6.45) is 13.2. The van der Waals surface area contributed by atoms with Crippen LogP contribution in [-0.4, -0.2) is 78.7 Å². The number of amides is 2. The van der Waals surface area contributed by atoms with Gasteiger partial charge in [0.1, 0.15) is 41.5 Å². The van der Waals surface area contributed by atoms with Gasteiger partial charge in [-0.05, 0) is 109 Å². The number of unbranched alkanes of at least 4 members (excludes halogenated alkanes) is 2. The molecule has 3 aliphatic carbocycles. The summed E-state index contributed by atoms with van der Waals surface area (Å²) in [6.45, 7) is 4.63. The molecule has 0 radical (unpaired) electrons. The number of hydrogen-bond acceptors (Lipinski definition) is 11. The van der Waals surface area contributed by atoms with Crippen molar-refractivity contribution in [1.29, 1.82) is 0 Å². The predicted octanol–water partition coefficient (Wildman–Crippen LogP) is 11.3. The number of allylic oxidation sites excluding steroid dienone is 1. The predicted molar refractivity (Wildman–Crippen MR) is 274 cm³/mol. The van der Waals surface area contributed by atoms with E-state index in [1.54, 1.807) is 55.7 Å². The van der Waals surface area contributed by atoms with Gasteiger partial charge < -0.3 is 43.6 Å². The van der Waals surface area contributed by atoms with Gasteiger partial charge in [-0.1, -0.05) is 98.3 Å². The standard InChI is InChI=1S/C58H70FN3O10/c1-4-32-69-58-53(62(37-40-20-23-43(59)24-21-40)54(65)29-22-39-14-8-9-15-39)36-50(61-70-38-41-16-6-5-7-17-41)47-33-42(18-10-12-30-63)46(19-11-13-31-64)55(56(47)58)48-34-45(26-28-51(48)72-58)71-57(66)60-49-27-25-44(67-2)35-52(49)68-3/h4-7,16-17,20-21,23-28,33-35,39,42,46,53,55-56,63-64H,1,8-15,18-19,22,29-32,36-38H2,2-3H3,(H,60,66)/t42-,46+,53-,55+,56+,58+/m0/s1. The van der Waals surface area contributed by atoms with Crippen molar-refractivity contribution in [1.82, 2.24) is 4.90 Å². The molecule has 8 rings (SSSR count). The van der Waals surface area contributed by atoms with Crippen LogP contribution in [0.2, 0.25) is 0 Å². The van der Waals surface area contributed by atoms with Crippen molar-refractivity contribution in [2.45, 2.75) is 114 Å². The van der Waals surface area contributed by atoms with E-state index in [4.69, 9.17) is 33.7 Å². The van der Waals surface area contributed by atoms with Crippen molar-refractivity contribution in [3.8, 4) is 23.0 Å². The van der Waals surface area contributed by atoms with Gasteiger partial charge in [-0.3, -0.25) is 10.1 Å². The smallest absolute Gasteiger partial charge is 0.417 e. The summed E-state index contributed by atoms with van der Waals surface area (Å²) in [5.41, 5.74) is 4.41. The zero-order chi connectivity index (χ0) is 50.5. The van der Waals surface area contributed by atoms with Crippen molar-refractivity contribution in [3.63, 3.8) is 0 Å². The van der Waals surface area contributed by atoms with Gasteiger partial charge >= 0.3 is 6.09 Å². The number of benzene rings is 4. The molecule has 2 saturated carbocycles. The summed E-state index contributed by atoms with van der Waals surface area (Å²) in [5.74, 6) is -0.824. The van der Waals surface area contributed by atoms with Crippen LogP contribution in [-0.2, 0) is 27.5 Å². The number of rotatable bonds is 24. The van der Waals surface area contributed by atoms with Crippen LogP contribution >= 0.6 is 0 Å². The van der Waals surface area contributed by atoms with Crippen molar-refractivity contribution in [3.05, 3.63) is 138 Å². The molecule has 2 fully saturated rings. The minimum absolute atomic E-state index is 0.0239. The van der Waals surface area contributed by atoms with Crippen molar-refractivity contribution in [2.75, 3.05) is 39.4 Å². The van der Waals surface area contributed by atoms with E-state index in [-0.39, 0.29) is 74.6 Å². The molecule has 0 saturated heterocycles. The number of carbonyl (C=O) groups excluding carboxylic acids is 2. The second-order valence-electron chi connectivity index (χ2n) is 19.4. The minimum atomic E-state index is -1.52. The average Bonchev–Trinajstić information content (AvgIpc) is 3.93. The molecule has 4 aromatic carbocycles. The van der Waals surface area contributed by atoms with Gasteiger partial charge in [0.15, 0.2) is 0 Å². The molecule has 0 spiro atoms. The molecule has 1 aliphatic heterocycles. The van der Waals surface area contributed by atoms with Gasteiger partial charge in [-0.25, -0.2) is 9.18 Å². The van der Waals surface area contributed by atoms with E-state index < -0.39 is 23.8 Å². The number of carbonyl (C=O) groups is 2. The molecule has 4 aromatic rings. The van der Waals surface area contributed by atoms with E-state index >= 15 is 4.79 Å². The van der Waals surface area contributed by atoms with Gasteiger partial charge in [0.25, 0.3) is 0 Å². The highest BCUT2D eigenvalue weighted by Gasteiger charge is 2.65. The average molecular weight is 988 g/mol. The fourth-order valence-electron chi connectivity index (χ4n) is 11.5. The summed E-state index contributed by atoms with van der Waals surface area (Å²) in [5, 5.41) is 27.9. The number of fused-ring (bicyclic) bond motifs is 2. The van der Waals surface area contributed by atoms with E-state index in [1.807, 2.05) is 41.3 Å². The molecule has 72 heavy (non-hydrogen) atoms. The highest BCUT2D eigenvalue weighted by molar-refractivity contribution is 6.03. The maximum atomic E-state index is 15.3. The SMILES string of the molecule is C=CCO[C@@]12Oc3ccc(OC(=O)Nc4ccc(OC)cc4OC)cc3[C@H]3[C@H](CCCCO)[C@@H](CCCCO)C=C(C(=NOCc4ccccc4)C[C@@H]1N(Cc1ccc(F)cc1)C(=O)CCC1CCCC1)[C@H]32. The monoisotopic (exact) mass is 988 g/mol. The lowest BCUT2D eigenvalue weighted by Gasteiger charge is -2.60. The topological polar surface area (TPSA) is 158 Å². The Morgan fingerprint density at radius 1 is 0.889 bits per heavy atom. The molecule has 1 heterocycles. The maximum absolute atomic E-state index is 15.3. The first kappa shape index (κ1) is 52.1. The van der Waals surface area contributed by atoms with Crippen LogP contribution in [0.25, 0.3) is 0 Å². The van der Waals surface area contributed by atoms with E-state index in [0.29, 0.717) is 53.8 Å². The summed E-state index contributed by atoms with van der Waals surface area (Å²) >= 11 is 0. The van der Waals surface area contributed by atoms with Crippen LogP contribution in [0.1, 0.15) is 106 Å². The molecule has 384 valence electrons. The van der Waals surface area contributed by atoms with Crippen molar-refractivity contribution in [2.24, 2.45) is 28.8 Å². The number of halogens is 1. The van der Waals surface area contributed by atoms with E-state index in [2.05, 4.69) is 18.0 Å². The molecular formula is C58H70FN3O10. The third-order valence-corrected chi connectivity index (χ3v) is 15.0. The second kappa shape index (κ2) is 24.9. The van der Waals surface area contributed by atoms with E-state index in [0.717, 1.165) is 80.1 Å². The Morgan fingerprint density at radius 3 is 2.36 bits per heavy atom. The second-order valence-corrected chi connectivity index (χ2v) is 19.4. The molecule has 0 aromatic heterocycles. The number of nitrogens with one attached hydrogen (secondary N) is 1. The number of nitrogens with zero attached hydrogens (tertiary/aromatic N) is 2. The first-order chi connectivity index (χ1) is 35.2. The molecule has 3 N–H and O–H groups in total. The van der Waals surface area contributed by atoms with Crippen LogP contribution in [0.4, 0.5) is 14.9 Å². The molecule has 0 unspecified atom stereocenters. The summed E-state index contributed by atoms with van der Waals surface area (Å²) in [6, 6.07) is 25.7. The largest absolute Gasteiger partial charge is 0.497 e. The van der Waals surface area contributed by atoms with Crippen molar-refractivity contribution >= 4 is 23.4 Å². The van der Waals surface area contributed by atoms with Crippen LogP contribution in [0.3, 0.4) is 0 Å². The Labute approximate surface area is 423 Å². The zero-order valence-electron chi connectivity index (χ0n) is 41.6. The summed E-state index contributed by atoms with van der Waals surface area (Å²) < 4.78 is 46.1. The van der Waals surface area contributed by atoms with Crippen molar-refractivity contribution < 1.29 is 52.7 Å². The van der Waals surface area contributed by atoms with Gasteiger partial charge in [0.05, 0.1) is 38.1 Å². The fraction of sp³-hybridized carbons (Fsp3) is 0.466. The summed E-state index contributed by atoms with van der Waals surface area (Å²) in [4.78, 5) is 37.2. The third kappa shape index (κ3) is 12.2. The maximum Gasteiger partial charge on any atom is 0.417 e. The molecular weight excluding hydrogens is 918 g/mol. The first-order valence-corrected chi connectivity index (χ1v) is 25.7. The molecule has 13 nitrogen and oxygen atoms in total. The Balaban J connectivity index is 1.29. The molecule has 14 heteroatoms. The molecule has 2 amide bonds. The number of anilines is 1.